The summed E-state index contributed by atoms with van der Waals surface area (Å²) in [5, 5.41) is 1.92. The van der Waals surface area contributed by atoms with Crippen molar-refractivity contribution in [1.82, 2.24) is 10.2 Å². The SMILES string of the molecule is CC(C)(C)C(=O)OCOC(=O)C1=C(C=CC(F)(F)F)CS[C@H]2C(NC(=O)Cc3ccccc3)C(=O)N12. The quantitative estimate of drug-likeness (QED) is 0.331. The first-order valence-electron chi connectivity index (χ1n) is 10.9. The number of carbonyl (C=O) groups is 4. The van der Waals surface area contributed by atoms with Crippen LogP contribution in [0.1, 0.15) is 26.3 Å². The van der Waals surface area contributed by atoms with Crippen LogP contribution in [0.2, 0.25) is 0 Å². The van der Waals surface area contributed by atoms with E-state index in [0.717, 1.165) is 22.2 Å². The van der Waals surface area contributed by atoms with Crippen LogP contribution in [0.5, 0.6) is 0 Å². The van der Waals surface area contributed by atoms with Crippen LogP contribution >= 0.6 is 11.8 Å². The molecule has 2 heterocycles. The monoisotopic (exact) mass is 526 g/mol. The van der Waals surface area contributed by atoms with E-state index in [9.17, 15) is 32.3 Å². The molecule has 36 heavy (non-hydrogen) atoms. The topological polar surface area (TPSA) is 102 Å². The molecule has 0 saturated carbocycles. The Morgan fingerprint density at radius 3 is 2.42 bits per heavy atom. The van der Waals surface area contributed by atoms with Crippen molar-refractivity contribution in [3.63, 3.8) is 0 Å². The lowest BCUT2D eigenvalue weighted by Gasteiger charge is -2.49. The Morgan fingerprint density at radius 2 is 1.81 bits per heavy atom. The molecule has 12 heteroatoms. The smallest absolute Gasteiger partial charge is 0.409 e. The molecule has 194 valence electrons. The number of rotatable bonds is 7. The fraction of sp³-hybridized carbons (Fsp3) is 0.417. The number of β-lactam (4-membered cyclic amide) rings is 1. The van der Waals surface area contributed by atoms with E-state index in [0.29, 0.717) is 6.08 Å². The van der Waals surface area contributed by atoms with E-state index in [1.54, 1.807) is 51.1 Å². The van der Waals surface area contributed by atoms with E-state index in [1.165, 1.54) is 0 Å². The number of carbonyl (C=O) groups excluding carboxylic acids is 4. The van der Waals surface area contributed by atoms with E-state index in [-0.39, 0.29) is 29.5 Å². The van der Waals surface area contributed by atoms with Crippen LogP contribution in [0.25, 0.3) is 0 Å². The summed E-state index contributed by atoms with van der Waals surface area (Å²) in [6.45, 7) is 4.00. The van der Waals surface area contributed by atoms with Crippen LogP contribution < -0.4 is 5.32 Å². The predicted octanol–water partition coefficient (Wildman–Crippen LogP) is 3.09. The molecule has 2 aliphatic heterocycles. The molecule has 2 aliphatic rings. The zero-order chi connectivity index (χ0) is 26.7. The van der Waals surface area contributed by atoms with Crippen LogP contribution in [0.3, 0.4) is 0 Å². The lowest BCUT2D eigenvalue weighted by molar-refractivity contribution is -0.173. The molecule has 0 aromatic heterocycles. The Morgan fingerprint density at radius 1 is 1.14 bits per heavy atom. The van der Waals surface area contributed by atoms with Gasteiger partial charge in [-0.2, -0.15) is 13.2 Å². The second kappa shape index (κ2) is 10.8. The maximum Gasteiger partial charge on any atom is 0.409 e. The van der Waals surface area contributed by atoms with Crippen LogP contribution in [-0.4, -0.2) is 58.8 Å². The van der Waals surface area contributed by atoms with E-state index in [4.69, 9.17) is 9.47 Å². The molecule has 1 aromatic carbocycles. The lowest BCUT2D eigenvalue weighted by atomic mass is 9.98. The van der Waals surface area contributed by atoms with Gasteiger partial charge in [0.15, 0.2) is 0 Å². The van der Waals surface area contributed by atoms with Gasteiger partial charge >= 0.3 is 18.1 Å². The molecule has 2 atom stereocenters. The van der Waals surface area contributed by atoms with Gasteiger partial charge in [-0.05, 0) is 31.9 Å². The summed E-state index contributed by atoms with van der Waals surface area (Å²) >= 11 is 1.11. The summed E-state index contributed by atoms with van der Waals surface area (Å²) in [6, 6.07) is 7.90. The van der Waals surface area contributed by atoms with Gasteiger partial charge in [0, 0.05) is 11.8 Å². The van der Waals surface area contributed by atoms with Crippen molar-refractivity contribution in [3.8, 4) is 0 Å². The number of nitrogens with zero attached hydrogens (tertiary/aromatic N) is 1. The van der Waals surface area contributed by atoms with Crippen LogP contribution in [0.4, 0.5) is 13.2 Å². The Balaban J connectivity index is 1.75. The number of benzene rings is 1. The maximum absolute atomic E-state index is 12.9. The number of ether oxygens (including phenoxy) is 2. The fourth-order valence-electron chi connectivity index (χ4n) is 3.38. The standard InChI is InChI=1S/C24H25F3N2O6S/c1-23(2,3)22(33)35-13-34-21(32)18-15(9-10-24(25,26)27)12-36-20-17(19(31)29(18)20)28-16(30)11-14-7-5-4-6-8-14/h4-10,17,20H,11-13H2,1-3H3,(H,28,30)/t17?,20-/m0/s1. The molecule has 1 aromatic rings. The van der Waals surface area contributed by atoms with E-state index >= 15 is 0 Å². The third kappa shape index (κ3) is 6.68. The van der Waals surface area contributed by atoms with Gasteiger partial charge in [0.1, 0.15) is 17.1 Å². The number of fused-ring (bicyclic) bond motifs is 1. The van der Waals surface area contributed by atoms with Crippen molar-refractivity contribution in [1.29, 1.82) is 0 Å². The number of amides is 2. The summed E-state index contributed by atoms with van der Waals surface area (Å²) in [6.07, 6.45) is -3.95. The van der Waals surface area contributed by atoms with E-state index in [1.807, 2.05) is 0 Å². The summed E-state index contributed by atoms with van der Waals surface area (Å²) in [7, 11) is 0. The molecule has 1 N–H and O–H groups in total. The second-order valence-electron chi connectivity index (χ2n) is 9.10. The molecule has 0 aliphatic carbocycles. The summed E-state index contributed by atoms with van der Waals surface area (Å²) in [5.74, 6) is -2.89. The molecule has 0 spiro atoms. The number of nitrogens with one attached hydrogen (secondary N) is 1. The van der Waals surface area contributed by atoms with E-state index in [2.05, 4.69) is 5.32 Å². The van der Waals surface area contributed by atoms with Crippen molar-refractivity contribution >= 4 is 35.5 Å². The summed E-state index contributed by atoms with van der Waals surface area (Å²) < 4.78 is 48.2. The number of hydrogen-bond acceptors (Lipinski definition) is 7. The minimum Gasteiger partial charge on any atom is -0.427 e. The Kier molecular flexibility index (Phi) is 8.17. The number of halogens is 3. The first-order chi connectivity index (χ1) is 16.8. The fourth-order valence-corrected chi connectivity index (χ4v) is 4.70. The van der Waals surface area contributed by atoms with Crippen molar-refractivity contribution in [2.24, 2.45) is 5.41 Å². The number of hydrogen-bond donors (Lipinski definition) is 1. The van der Waals surface area contributed by atoms with Gasteiger partial charge in [0.25, 0.3) is 5.91 Å². The summed E-state index contributed by atoms with van der Waals surface area (Å²) in [4.78, 5) is 51.0. The average molecular weight is 527 g/mol. The van der Waals surface area contributed by atoms with Gasteiger partial charge in [0.2, 0.25) is 12.7 Å². The molecular formula is C24H25F3N2O6S. The first kappa shape index (κ1) is 27.3. The maximum atomic E-state index is 12.9. The third-order valence-corrected chi connectivity index (χ3v) is 6.48. The second-order valence-corrected chi connectivity index (χ2v) is 10.2. The van der Waals surface area contributed by atoms with Crippen LogP contribution in [0.15, 0.2) is 53.8 Å². The average Bonchev–Trinajstić information content (AvgIpc) is 2.79. The minimum absolute atomic E-state index is 0.0332. The molecule has 1 saturated heterocycles. The van der Waals surface area contributed by atoms with Crippen molar-refractivity contribution < 1.29 is 41.8 Å². The molecule has 1 fully saturated rings. The summed E-state index contributed by atoms with van der Waals surface area (Å²) in [5.41, 5.74) is -0.589. The highest BCUT2D eigenvalue weighted by Gasteiger charge is 2.54. The highest BCUT2D eigenvalue weighted by Crippen LogP contribution is 2.41. The Bertz CT molecular complexity index is 1100. The van der Waals surface area contributed by atoms with Gasteiger partial charge in [-0.3, -0.25) is 19.3 Å². The number of esters is 2. The van der Waals surface area contributed by atoms with Crippen LogP contribution in [-0.2, 0) is 35.1 Å². The van der Waals surface area contributed by atoms with Gasteiger partial charge in [0.05, 0.1) is 11.8 Å². The lowest BCUT2D eigenvalue weighted by Crippen LogP contribution is -2.70. The number of allylic oxidation sites excluding steroid dienone is 2. The molecule has 8 nitrogen and oxygen atoms in total. The molecule has 3 rings (SSSR count). The van der Waals surface area contributed by atoms with Gasteiger partial charge in [-0.15, -0.1) is 11.8 Å². The third-order valence-electron chi connectivity index (χ3n) is 5.18. The number of alkyl halides is 3. The minimum atomic E-state index is -4.64. The highest BCUT2D eigenvalue weighted by atomic mass is 32.2. The largest absolute Gasteiger partial charge is 0.427 e. The van der Waals surface area contributed by atoms with Gasteiger partial charge in [-0.25, -0.2) is 4.79 Å². The highest BCUT2D eigenvalue weighted by molar-refractivity contribution is 8.00. The van der Waals surface area contributed by atoms with Crippen molar-refractivity contribution in [3.05, 3.63) is 59.3 Å². The Labute approximate surface area is 209 Å². The van der Waals surface area contributed by atoms with Gasteiger partial charge < -0.3 is 14.8 Å². The Hall–Kier alpha value is -3.28. The van der Waals surface area contributed by atoms with Crippen molar-refractivity contribution in [2.75, 3.05) is 12.5 Å². The van der Waals surface area contributed by atoms with Crippen molar-refractivity contribution in [2.45, 2.75) is 44.8 Å². The number of thioether (sulfide) groups is 1. The molecule has 0 bridgehead atoms. The zero-order valence-electron chi connectivity index (χ0n) is 19.8. The molecule has 0 radical (unpaired) electrons. The molecule has 2 amide bonds. The first-order valence-corrected chi connectivity index (χ1v) is 11.9. The molecule has 1 unspecified atom stereocenters. The normalized spacial score (nSPS) is 20.1. The zero-order valence-corrected chi connectivity index (χ0v) is 20.6. The van der Waals surface area contributed by atoms with E-state index < -0.39 is 53.6 Å². The predicted molar refractivity (Wildman–Crippen MR) is 124 cm³/mol. The van der Waals surface area contributed by atoms with Gasteiger partial charge in [-0.1, -0.05) is 36.4 Å². The molecular weight excluding hydrogens is 501 g/mol. The van der Waals surface area contributed by atoms with Crippen LogP contribution in [0, 0.1) is 5.41 Å².